The van der Waals surface area contributed by atoms with Crippen molar-refractivity contribution in [2.75, 3.05) is 0 Å². The minimum Gasteiger partial charge on any atom is -0.294 e. The SMILES string of the molecule is c1ccc([Si](c2ccccc2)(c2cccc(-c3ccc4c(c3)-n3c(nc5ccccc53)CS4)c2)c2cccc(-c3cccc4c3sc3ccccc34)c2)cc1. The van der Waals surface area contributed by atoms with Gasteiger partial charge in [-0.3, -0.25) is 4.57 Å². The van der Waals surface area contributed by atoms with E-state index in [9.17, 15) is 0 Å². The molecule has 0 spiro atoms. The summed E-state index contributed by atoms with van der Waals surface area (Å²) < 4.78 is 5.03. The molecule has 0 fully saturated rings. The van der Waals surface area contributed by atoms with E-state index >= 15 is 0 Å². The number of thiophene rings is 1. The normalized spacial score (nSPS) is 12.6. The largest absolute Gasteiger partial charge is 0.294 e. The Hall–Kier alpha value is -5.98. The summed E-state index contributed by atoms with van der Waals surface area (Å²) in [6, 6.07) is 72.5. The van der Waals surface area contributed by atoms with Crippen molar-refractivity contribution in [1.82, 2.24) is 9.55 Å². The molecule has 11 rings (SSSR count). The molecule has 0 N–H and O–H groups in total. The maximum atomic E-state index is 5.01. The van der Waals surface area contributed by atoms with E-state index in [0.717, 1.165) is 22.6 Å². The van der Waals surface area contributed by atoms with Gasteiger partial charge in [-0.25, -0.2) is 4.98 Å². The molecule has 55 heavy (non-hydrogen) atoms. The summed E-state index contributed by atoms with van der Waals surface area (Å²) in [7, 11) is -2.86. The molecule has 0 radical (unpaired) electrons. The Morgan fingerprint density at radius 1 is 0.491 bits per heavy atom. The van der Waals surface area contributed by atoms with Crippen LogP contribution < -0.4 is 20.7 Å². The van der Waals surface area contributed by atoms with Gasteiger partial charge in [0.25, 0.3) is 0 Å². The fraction of sp³-hybridized carbons (Fsp3) is 0.0200. The Bertz CT molecular complexity index is 3020. The Labute approximate surface area is 329 Å². The molecule has 2 nitrogen and oxygen atoms in total. The zero-order valence-electron chi connectivity index (χ0n) is 29.9. The first kappa shape index (κ1) is 32.4. The summed E-state index contributed by atoms with van der Waals surface area (Å²) >= 11 is 3.77. The van der Waals surface area contributed by atoms with Gasteiger partial charge in [0.05, 0.1) is 22.5 Å². The van der Waals surface area contributed by atoms with Crippen LogP contribution >= 0.6 is 23.1 Å². The lowest BCUT2D eigenvalue weighted by atomic mass is 10.0. The smallest absolute Gasteiger partial charge is 0.179 e. The summed E-state index contributed by atoms with van der Waals surface area (Å²) in [5.41, 5.74) is 8.39. The van der Waals surface area contributed by atoms with Gasteiger partial charge >= 0.3 is 0 Å². The van der Waals surface area contributed by atoms with Crippen LogP contribution in [0, 0.1) is 0 Å². The molecule has 0 saturated carbocycles. The van der Waals surface area contributed by atoms with Crippen molar-refractivity contribution in [2.45, 2.75) is 10.6 Å². The lowest BCUT2D eigenvalue weighted by Crippen LogP contribution is -2.74. The Morgan fingerprint density at radius 2 is 1.11 bits per heavy atom. The number of thioether (sulfide) groups is 1. The van der Waals surface area contributed by atoms with Crippen LogP contribution in [0.5, 0.6) is 0 Å². The van der Waals surface area contributed by atoms with Gasteiger partial charge in [-0.1, -0.05) is 164 Å². The van der Waals surface area contributed by atoms with Crippen LogP contribution in [-0.4, -0.2) is 17.6 Å². The second-order valence-electron chi connectivity index (χ2n) is 14.2. The number of fused-ring (bicyclic) bond motifs is 8. The molecule has 10 aromatic rings. The second kappa shape index (κ2) is 13.1. The molecule has 3 heterocycles. The third-order valence-corrected chi connectivity index (χ3v) is 18.3. The van der Waals surface area contributed by atoms with E-state index in [1.807, 2.05) is 23.1 Å². The highest BCUT2D eigenvalue weighted by Gasteiger charge is 2.41. The maximum absolute atomic E-state index is 5.01. The number of rotatable bonds is 6. The molecule has 0 bridgehead atoms. The van der Waals surface area contributed by atoms with E-state index < -0.39 is 8.07 Å². The van der Waals surface area contributed by atoms with Crippen molar-refractivity contribution < 1.29 is 0 Å². The summed E-state index contributed by atoms with van der Waals surface area (Å²) in [6.07, 6.45) is 0. The van der Waals surface area contributed by atoms with Crippen LogP contribution in [0.25, 0.3) is 59.1 Å². The predicted octanol–water partition coefficient (Wildman–Crippen LogP) is 10.7. The minimum absolute atomic E-state index is 0.870. The van der Waals surface area contributed by atoms with Crippen molar-refractivity contribution in [2.24, 2.45) is 0 Å². The minimum atomic E-state index is -2.86. The first-order valence-corrected chi connectivity index (χ1v) is 22.5. The molecule has 8 aromatic carbocycles. The Kier molecular flexibility index (Phi) is 7.73. The highest BCUT2D eigenvalue weighted by Crippen LogP contribution is 2.41. The summed E-state index contributed by atoms with van der Waals surface area (Å²) in [6.45, 7) is 0. The number of para-hydroxylation sites is 2. The average molecular weight is 755 g/mol. The van der Waals surface area contributed by atoms with E-state index in [2.05, 4.69) is 199 Å². The number of aromatic nitrogens is 2. The van der Waals surface area contributed by atoms with E-state index in [0.29, 0.717) is 0 Å². The molecular formula is C50H34N2S2Si. The van der Waals surface area contributed by atoms with Gasteiger partial charge in [0, 0.05) is 25.1 Å². The quantitative estimate of drug-likeness (QED) is 0.124. The van der Waals surface area contributed by atoms with Gasteiger partial charge in [0.15, 0.2) is 8.07 Å². The van der Waals surface area contributed by atoms with E-state index in [-0.39, 0.29) is 0 Å². The summed E-state index contributed by atoms with van der Waals surface area (Å²) in [5, 5.41) is 8.12. The Balaban J connectivity index is 1.13. The molecule has 260 valence electrons. The standard InChI is InChI=1S/C50H34N2S2Si/c1-3-16-37(17-4-1)55(38-18-5-2-6-19-38,40-21-12-15-36(31-40)41-23-13-24-43-42-22-7-10-27-47(42)54-50(41)43)39-20-11-14-34(30-39)35-28-29-48-46(32-35)52-45-26-9-8-25-44(45)51-49(52)33-53-48/h1-32H,33H2. The van der Waals surface area contributed by atoms with Gasteiger partial charge in [-0.05, 0) is 73.3 Å². The van der Waals surface area contributed by atoms with Crippen molar-refractivity contribution in [1.29, 1.82) is 0 Å². The molecule has 1 aliphatic rings. The topological polar surface area (TPSA) is 17.8 Å². The highest BCUT2D eigenvalue weighted by molar-refractivity contribution is 7.98. The van der Waals surface area contributed by atoms with Gasteiger partial charge < -0.3 is 0 Å². The first-order chi connectivity index (χ1) is 27.3. The van der Waals surface area contributed by atoms with Crippen LogP contribution in [0.3, 0.4) is 0 Å². The van der Waals surface area contributed by atoms with Crippen LogP contribution in [0.1, 0.15) is 5.82 Å². The van der Waals surface area contributed by atoms with E-state index in [1.54, 1.807) is 0 Å². The number of imidazole rings is 1. The molecule has 5 heteroatoms. The van der Waals surface area contributed by atoms with Gasteiger partial charge in [-0.2, -0.15) is 0 Å². The van der Waals surface area contributed by atoms with Crippen LogP contribution in [0.2, 0.25) is 0 Å². The number of benzene rings is 8. The zero-order chi connectivity index (χ0) is 36.3. The number of nitrogens with zero attached hydrogens (tertiary/aromatic N) is 2. The molecular weight excluding hydrogens is 721 g/mol. The third kappa shape index (κ3) is 5.19. The summed E-state index contributed by atoms with van der Waals surface area (Å²) in [5.74, 6) is 1.98. The molecule has 0 aliphatic carbocycles. The number of hydrogen-bond donors (Lipinski definition) is 0. The molecule has 2 aromatic heterocycles. The van der Waals surface area contributed by atoms with Crippen molar-refractivity contribution >= 4 is 83.1 Å². The third-order valence-electron chi connectivity index (χ3n) is 11.2. The van der Waals surface area contributed by atoms with Crippen molar-refractivity contribution in [3.8, 4) is 27.9 Å². The predicted molar refractivity (Wildman–Crippen MR) is 238 cm³/mol. The zero-order valence-corrected chi connectivity index (χ0v) is 32.5. The van der Waals surface area contributed by atoms with E-state index in [4.69, 9.17) is 4.98 Å². The highest BCUT2D eigenvalue weighted by atomic mass is 32.2. The van der Waals surface area contributed by atoms with Crippen LogP contribution in [0.4, 0.5) is 0 Å². The molecule has 0 amide bonds. The fourth-order valence-electron chi connectivity index (χ4n) is 8.78. The monoisotopic (exact) mass is 754 g/mol. The first-order valence-electron chi connectivity index (χ1n) is 18.7. The van der Waals surface area contributed by atoms with Gasteiger partial charge in [0.2, 0.25) is 0 Å². The van der Waals surface area contributed by atoms with Gasteiger partial charge in [0.1, 0.15) is 5.82 Å². The fourth-order valence-corrected chi connectivity index (χ4v) is 15.8. The Morgan fingerprint density at radius 3 is 1.91 bits per heavy atom. The molecule has 1 aliphatic heterocycles. The molecule has 0 saturated heterocycles. The second-order valence-corrected chi connectivity index (χ2v) is 20.1. The van der Waals surface area contributed by atoms with E-state index in [1.165, 1.54) is 73.8 Å². The van der Waals surface area contributed by atoms with Crippen LogP contribution in [0.15, 0.2) is 199 Å². The molecule has 0 atom stereocenters. The lowest BCUT2D eigenvalue weighted by molar-refractivity contribution is 0.946. The van der Waals surface area contributed by atoms with Crippen molar-refractivity contribution in [3.05, 3.63) is 200 Å². The molecule has 0 unspecified atom stereocenters. The average Bonchev–Trinajstić information content (AvgIpc) is 3.84. The van der Waals surface area contributed by atoms with Crippen molar-refractivity contribution in [3.63, 3.8) is 0 Å². The van der Waals surface area contributed by atoms with Crippen LogP contribution in [-0.2, 0) is 5.75 Å². The summed E-state index contributed by atoms with van der Waals surface area (Å²) in [4.78, 5) is 6.30. The number of hydrogen-bond acceptors (Lipinski definition) is 3. The van der Waals surface area contributed by atoms with Gasteiger partial charge in [-0.15, -0.1) is 23.1 Å². The lowest BCUT2D eigenvalue weighted by Gasteiger charge is -2.35. The maximum Gasteiger partial charge on any atom is 0.179 e.